The third-order valence-corrected chi connectivity index (χ3v) is 4.74. The highest BCUT2D eigenvalue weighted by molar-refractivity contribution is 7.99. The number of aryl methyl sites for hydroxylation is 1. The third kappa shape index (κ3) is 4.02. The van der Waals surface area contributed by atoms with Crippen LogP contribution in [-0.2, 0) is 0 Å². The first kappa shape index (κ1) is 16.4. The summed E-state index contributed by atoms with van der Waals surface area (Å²) < 4.78 is 2.00. The molecule has 0 aliphatic carbocycles. The second kappa shape index (κ2) is 7.34. The van der Waals surface area contributed by atoms with Gasteiger partial charge in [-0.05, 0) is 40.0 Å². The van der Waals surface area contributed by atoms with E-state index in [0.29, 0.717) is 6.04 Å². The standard InChI is InChI=1S/C16H22ClN3S/c1-11(2)20-16(14(17)9-19-20)15(18-4)10-21-13-7-5-6-12(3)8-13/h5-9,11,15,18H,10H2,1-4H3. The number of rotatable bonds is 6. The molecule has 0 radical (unpaired) electrons. The van der Waals surface area contributed by atoms with Gasteiger partial charge >= 0.3 is 0 Å². The Hall–Kier alpha value is -0.970. The lowest BCUT2D eigenvalue weighted by Gasteiger charge is -2.20. The van der Waals surface area contributed by atoms with Crippen LogP contribution < -0.4 is 5.32 Å². The summed E-state index contributed by atoms with van der Waals surface area (Å²) in [6, 6.07) is 9.03. The second-order valence-electron chi connectivity index (χ2n) is 5.38. The summed E-state index contributed by atoms with van der Waals surface area (Å²) in [6.45, 7) is 6.35. The Morgan fingerprint density at radius 3 is 2.76 bits per heavy atom. The minimum atomic E-state index is 0.174. The van der Waals surface area contributed by atoms with E-state index in [1.165, 1.54) is 10.5 Å². The first-order valence-corrected chi connectivity index (χ1v) is 8.49. The molecule has 5 heteroatoms. The van der Waals surface area contributed by atoms with Crippen LogP contribution in [0.4, 0.5) is 0 Å². The molecule has 114 valence electrons. The molecule has 0 amide bonds. The van der Waals surface area contributed by atoms with Crippen molar-refractivity contribution in [1.82, 2.24) is 15.1 Å². The van der Waals surface area contributed by atoms with Crippen molar-refractivity contribution < 1.29 is 0 Å². The molecule has 0 saturated carbocycles. The molecule has 0 bridgehead atoms. The van der Waals surface area contributed by atoms with Gasteiger partial charge in [0, 0.05) is 16.7 Å². The largest absolute Gasteiger partial charge is 0.311 e. The van der Waals surface area contributed by atoms with Crippen LogP contribution in [-0.4, -0.2) is 22.6 Å². The van der Waals surface area contributed by atoms with Gasteiger partial charge in [0.05, 0.1) is 23.0 Å². The van der Waals surface area contributed by atoms with Crippen LogP contribution in [0.5, 0.6) is 0 Å². The molecule has 0 aliphatic rings. The summed E-state index contributed by atoms with van der Waals surface area (Å²) in [7, 11) is 1.97. The lowest BCUT2D eigenvalue weighted by Crippen LogP contribution is -2.23. The average molecular weight is 324 g/mol. The van der Waals surface area contributed by atoms with Gasteiger partial charge in [0.1, 0.15) is 0 Å². The summed E-state index contributed by atoms with van der Waals surface area (Å²) in [5, 5.41) is 8.48. The number of halogens is 1. The topological polar surface area (TPSA) is 29.9 Å². The summed E-state index contributed by atoms with van der Waals surface area (Å²) in [5.74, 6) is 0.915. The molecule has 1 unspecified atom stereocenters. The molecule has 1 heterocycles. The van der Waals surface area contributed by atoms with Crippen LogP contribution in [0, 0.1) is 6.92 Å². The third-order valence-electron chi connectivity index (χ3n) is 3.36. The van der Waals surface area contributed by atoms with Gasteiger partial charge in [-0.2, -0.15) is 5.10 Å². The highest BCUT2D eigenvalue weighted by atomic mass is 35.5. The average Bonchev–Trinajstić information content (AvgIpc) is 2.82. The fourth-order valence-electron chi connectivity index (χ4n) is 2.27. The van der Waals surface area contributed by atoms with Crippen LogP contribution in [0.25, 0.3) is 0 Å². The maximum absolute atomic E-state index is 6.34. The number of hydrogen-bond donors (Lipinski definition) is 1. The van der Waals surface area contributed by atoms with Crippen molar-refractivity contribution in [2.45, 2.75) is 37.8 Å². The van der Waals surface area contributed by atoms with Crippen LogP contribution >= 0.6 is 23.4 Å². The highest BCUT2D eigenvalue weighted by Crippen LogP contribution is 2.30. The van der Waals surface area contributed by atoms with Crippen molar-refractivity contribution in [3.05, 3.63) is 46.7 Å². The van der Waals surface area contributed by atoms with Crippen LogP contribution in [0.3, 0.4) is 0 Å². The van der Waals surface area contributed by atoms with Crippen LogP contribution in [0.15, 0.2) is 35.4 Å². The monoisotopic (exact) mass is 323 g/mol. The molecule has 0 aliphatic heterocycles. The minimum absolute atomic E-state index is 0.174. The smallest absolute Gasteiger partial charge is 0.0834 e. The summed E-state index contributed by atoms with van der Waals surface area (Å²) in [4.78, 5) is 1.28. The van der Waals surface area contributed by atoms with Gasteiger partial charge in [0.15, 0.2) is 0 Å². The van der Waals surface area contributed by atoms with E-state index >= 15 is 0 Å². The van der Waals surface area contributed by atoms with Crippen molar-refractivity contribution in [2.24, 2.45) is 0 Å². The Morgan fingerprint density at radius 2 is 2.14 bits per heavy atom. The molecule has 2 rings (SSSR count). The molecular weight excluding hydrogens is 302 g/mol. The molecule has 0 fully saturated rings. The molecule has 3 nitrogen and oxygen atoms in total. The molecule has 1 atom stereocenters. The lowest BCUT2D eigenvalue weighted by molar-refractivity contribution is 0.477. The normalized spacial score (nSPS) is 12.9. The highest BCUT2D eigenvalue weighted by Gasteiger charge is 2.20. The van der Waals surface area contributed by atoms with Crippen molar-refractivity contribution in [1.29, 1.82) is 0 Å². The van der Waals surface area contributed by atoms with Gasteiger partial charge in [0.25, 0.3) is 0 Å². The Kier molecular flexibility index (Phi) is 5.73. The van der Waals surface area contributed by atoms with E-state index in [2.05, 4.69) is 55.5 Å². The Morgan fingerprint density at radius 1 is 1.38 bits per heavy atom. The second-order valence-corrected chi connectivity index (χ2v) is 6.89. The quantitative estimate of drug-likeness (QED) is 0.795. The molecule has 2 aromatic rings. The van der Waals surface area contributed by atoms with Crippen LogP contribution in [0.1, 0.15) is 37.2 Å². The number of aromatic nitrogens is 2. The summed E-state index contributed by atoms with van der Waals surface area (Å²) >= 11 is 8.17. The maximum Gasteiger partial charge on any atom is 0.0834 e. The van der Waals surface area contributed by atoms with Gasteiger partial charge in [-0.15, -0.1) is 11.8 Å². The SMILES string of the molecule is CNC(CSc1cccc(C)c1)c1c(Cl)cnn1C(C)C. The maximum atomic E-state index is 6.34. The molecule has 1 aromatic carbocycles. The fourth-order valence-corrected chi connectivity index (χ4v) is 3.66. The molecule has 21 heavy (non-hydrogen) atoms. The van der Waals surface area contributed by atoms with E-state index in [9.17, 15) is 0 Å². The number of nitrogens with zero attached hydrogens (tertiary/aromatic N) is 2. The van der Waals surface area contributed by atoms with E-state index in [1.807, 2.05) is 23.5 Å². The number of nitrogens with one attached hydrogen (secondary N) is 1. The van der Waals surface area contributed by atoms with Gasteiger partial charge in [-0.3, -0.25) is 4.68 Å². The zero-order valence-electron chi connectivity index (χ0n) is 12.9. The zero-order valence-corrected chi connectivity index (χ0v) is 14.5. The molecular formula is C16H22ClN3S. The fraction of sp³-hybridized carbons (Fsp3) is 0.438. The minimum Gasteiger partial charge on any atom is -0.311 e. The van der Waals surface area contributed by atoms with Crippen LogP contribution in [0.2, 0.25) is 5.02 Å². The van der Waals surface area contributed by atoms with Crippen molar-refractivity contribution >= 4 is 23.4 Å². The predicted molar refractivity (Wildman–Crippen MR) is 91.3 cm³/mol. The van der Waals surface area contributed by atoms with Crippen molar-refractivity contribution in [2.75, 3.05) is 12.8 Å². The van der Waals surface area contributed by atoms with E-state index in [-0.39, 0.29) is 6.04 Å². The van der Waals surface area contributed by atoms with E-state index in [0.717, 1.165) is 16.5 Å². The first-order chi connectivity index (χ1) is 10.0. The summed E-state index contributed by atoms with van der Waals surface area (Å²) in [5.41, 5.74) is 2.35. The number of hydrogen-bond acceptors (Lipinski definition) is 3. The molecule has 1 N–H and O–H groups in total. The lowest BCUT2D eigenvalue weighted by atomic mass is 10.2. The first-order valence-electron chi connectivity index (χ1n) is 7.12. The predicted octanol–water partition coefficient (Wildman–Crippen LogP) is 4.48. The number of thioether (sulfide) groups is 1. The summed E-state index contributed by atoms with van der Waals surface area (Å²) in [6.07, 6.45) is 1.73. The van der Waals surface area contributed by atoms with Gasteiger partial charge in [-0.25, -0.2) is 0 Å². The molecule has 0 spiro atoms. The van der Waals surface area contributed by atoms with Gasteiger partial charge in [-0.1, -0.05) is 29.3 Å². The molecule has 1 aromatic heterocycles. The molecule has 0 saturated heterocycles. The van der Waals surface area contributed by atoms with Gasteiger partial charge in [0.2, 0.25) is 0 Å². The Bertz CT molecular complexity index is 595. The Labute approximate surface area is 136 Å². The van der Waals surface area contributed by atoms with E-state index in [4.69, 9.17) is 11.6 Å². The van der Waals surface area contributed by atoms with Gasteiger partial charge < -0.3 is 5.32 Å². The van der Waals surface area contributed by atoms with E-state index in [1.54, 1.807) is 6.20 Å². The van der Waals surface area contributed by atoms with E-state index < -0.39 is 0 Å². The van der Waals surface area contributed by atoms with Crippen molar-refractivity contribution in [3.8, 4) is 0 Å². The zero-order chi connectivity index (χ0) is 15.4. The Balaban J connectivity index is 2.15. The van der Waals surface area contributed by atoms with Crippen molar-refractivity contribution in [3.63, 3.8) is 0 Å². The number of benzene rings is 1.